The summed E-state index contributed by atoms with van der Waals surface area (Å²) in [5, 5.41) is 11.7. The Morgan fingerprint density at radius 2 is 1.90 bits per heavy atom. The lowest BCUT2D eigenvalue weighted by Gasteiger charge is -2.11. The summed E-state index contributed by atoms with van der Waals surface area (Å²) in [7, 11) is -2.58. The van der Waals surface area contributed by atoms with Gasteiger partial charge in [-0.1, -0.05) is 35.1 Å². The summed E-state index contributed by atoms with van der Waals surface area (Å²) in [6, 6.07) is 11.0. The van der Waals surface area contributed by atoms with Gasteiger partial charge in [-0.05, 0) is 37.3 Å². The van der Waals surface area contributed by atoms with Crippen LogP contribution in [0.2, 0.25) is 5.02 Å². The first-order valence-corrected chi connectivity index (χ1v) is 11.1. The standard InChI is InChI=1S/C18H17ClN4O4S2/c1-3-20-16(24)14-10-13(8-9-15(14)27-2)29(25,26)23-18-22-21-17(28-18)11-4-6-12(19)7-5-11/h4-10H,3H2,1-2H3,(H,20,24)(H,22,23). The quantitative estimate of drug-likeness (QED) is 0.568. The highest BCUT2D eigenvalue weighted by Crippen LogP contribution is 2.29. The van der Waals surface area contributed by atoms with Crippen molar-refractivity contribution in [2.45, 2.75) is 11.8 Å². The number of carbonyl (C=O) groups is 1. The van der Waals surface area contributed by atoms with Crippen LogP contribution in [0.3, 0.4) is 0 Å². The lowest BCUT2D eigenvalue weighted by Crippen LogP contribution is -2.24. The SMILES string of the molecule is CCNC(=O)c1cc(S(=O)(=O)Nc2nnc(-c3ccc(Cl)cc3)s2)ccc1OC. The first kappa shape index (κ1) is 21.0. The van der Waals surface area contributed by atoms with Crippen molar-refractivity contribution in [1.29, 1.82) is 0 Å². The zero-order valence-corrected chi connectivity index (χ0v) is 17.9. The Balaban J connectivity index is 1.87. The Hall–Kier alpha value is -2.69. The van der Waals surface area contributed by atoms with E-state index in [1.165, 1.54) is 25.3 Å². The van der Waals surface area contributed by atoms with E-state index in [1.54, 1.807) is 31.2 Å². The van der Waals surface area contributed by atoms with E-state index in [1.807, 2.05) is 0 Å². The van der Waals surface area contributed by atoms with Crippen LogP contribution in [0.1, 0.15) is 17.3 Å². The number of ether oxygens (including phenoxy) is 1. The minimum atomic E-state index is -3.98. The lowest BCUT2D eigenvalue weighted by molar-refractivity contribution is 0.0952. The first-order chi connectivity index (χ1) is 13.8. The molecule has 0 saturated heterocycles. The Labute approximate surface area is 176 Å². The molecule has 11 heteroatoms. The second kappa shape index (κ2) is 8.76. The molecule has 1 aromatic heterocycles. The Bertz CT molecular complexity index is 1130. The number of nitrogens with one attached hydrogen (secondary N) is 2. The zero-order valence-electron chi connectivity index (χ0n) is 15.5. The highest BCUT2D eigenvalue weighted by Gasteiger charge is 2.21. The third kappa shape index (κ3) is 4.84. The van der Waals surface area contributed by atoms with Crippen molar-refractivity contribution in [2.24, 2.45) is 0 Å². The number of hydrogen-bond donors (Lipinski definition) is 2. The highest BCUT2D eigenvalue weighted by atomic mass is 35.5. The summed E-state index contributed by atoms with van der Waals surface area (Å²) in [5.41, 5.74) is 0.886. The fraction of sp³-hybridized carbons (Fsp3) is 0.167. The molecule has 0 spiro atoms. The van der Waals surface area contributed by atoms with Crippen LogP contribution in [-0.2, 0) is 10.0 Å². The fourth-order valence-corrected chi connectivity index (χ4v) is 4.57. The van der Waals surface area contributed by atoms with Crippen molar-refractivity contribution in [1.82, 2.24) is 15.5 Å². The molecule has 0 atom stereocenters. The zero-order chi connectivity index (χ0) is 21.0. The van der Waals surface area contributed by atoms with Crippen LogP contribution in [0.15, 0.2) is 47.4 Å². The summed E-state index contributed by atoms with van der Waals surface area (Å²) in [5.74, 6) is -0.154. The van der Waals surface area contributed by atoms with Crippen LogP contribution >= 0.6 is 22.9 Å². The molecule has 8 nitrogen and oxygen atoms in total. The monoisotopic (exact) mass is 452 g/mol. The molecule has 0 fully saturated rings. The molecule has 0 aliphatic rings. The molecule has 0 unspecified atom stereocenters. The van der Waals surface area contributed by atoms with E-state index < -0.39 is 15.9 Å². The smallest absolute Gasteiger partial charge is 0.263 e. The molecule has 2 aromatic carbocycles. The average Bonchev–Trinajstić information content (AvgIpc) is 3.16. The maximum atomic E-state index is 12.8. The van der Waals surface area contributed by atoms with E-state index >= 15 is 0 Å². The molecule has 3 aromatic rings. The number of amides is 1. The lowest BCUT2D eigenvalue weighted by atomic mass is 10.2. The Morgan fingerprint density at radius 1 is 1.17 bits per heavy atom. The van der Waals surface area contributed by atoms with Gasteiger partial charge in [0.25, 0.3) is 15.9 Å². The van der Waals surface area contributed by atoms with Crippen molar-refractivity contribution in [3.63, 3.8) is 0 Å². The van der Waals surface area contributed by atoms with Gasteiger partial charge in [0.15, 0.2) is 0 Å². The van der Waals surface area contributed by atoms with E-state index in [9.17, 15) is 13.2 Å². The molecule has 1 amide bonds. The summed E-state index contributed by atoms with van der Waals surface area (Å²) in [6.45, 7) is 2.16. The molecule has 0 radical (unpaired) electrons. The number of sulfonamides is 1. The van der Waals surface area contributed by atoms with E-state index in [4.69, 9.17) is 16.3 Å². The van der Waals surface area contributed by atoms with Crippen molar-refractivity contribution < 1.29 is 17.9 Å². The van der Waals surface area contributed by atoms with Gasteiger partial charge in [0.1, 0.15) is 10.8 Å². The summed E-state index contributed by atoms with van der Waals surface area (Å²) < 4.78 is 33.1. The van der Waals surface area contributed by atoms with Gasteiger partial charge in [0.05, 0.1) is 17.6 Å². The van der Waals surface area contributed by atoms with E-state index in [2.05, 4.69) is 20.2 Å². The summed E-state index contributed by atoms with van der Waals surface area (Å²) in [6.07, 6.45) is 0. The molecule has 1 heterocycles. The maximum absolute atomic E-state index is 12.8. The topological polar surface area (TPSA) is 110 Å². The van der Waals surface area contributed by atoms with Crippen LogP contribution in [0.5, 0.6) is 5.75 Å². The van der Waals surface area contributed by atoms with Crippen LogP contribution < -0.4 is 14.8 Å². The maximum Gasteiger partial charge on any atom is 0.263 e. The molecule has 29 heavy (non-hydrogen) atoms. The molecule has 0 aliphatic carbocycles. The largest absolute Gasteiger partial charge is 0.496 e. The molecular formula is C18H17ClN4O4S2. The van der Waals surface area contributed by atoms with Gasteiger partial charge in [0, 0.05) is 17.1 Å². The minimum absolute atomic E-state index is 0.0946. The van der Waals surface area contributed by atoms with Crippen molar-refractivity contribution in [3.8, 4) is 16.3 Å². The number of nitrogens with zero attached hydrogens (tertiary/aromatic N) is 2. The van der Waals surface area contributed by atoms with Crippen LogP contribution in [0.25, 0.3) is 10.6 Å². The van der Waals surface area contributed by atoms with Gasteiger partial charge >= 0.3 is 0 Å². The molecule has 0 aliphatic heterocycles. The van der Waals surface area contributed by atoms with Gasteiger partial charge in [-0.3, -0.25) is 9.52 Å². The predicted octanol–water partition coefficient (Wildman–Crippen LogP) is 3.42. The van der Waals surface area contributed by atoms with Gasteiger partial charge in [-0.2, -0.15) is 0 Å². The van der Waals surface area contributed by atoms with Crippen molar-refractivity contribution >= 4 is 44.0 Å². The number of rotatable bonds is 7. The number of anilines is 1. The molecular weight excluding hydrogens is 436 g/mol. The predicted molar refractivity (Wildman–Crippen MR) is 112 cm³/mol. The van der Waals surface area contributed by atoms with Gasteiger partial charge in [0.2, 0.25) is 5.13 Å². The summed E-state index contributed by atoms with van der Waals surface area (Å²) >= 11 is 6.95. The fourth-order valence-electron chi connectivity index (χ4n) is 2.43. The van der Waals surface area contributed by atoms with Crippen molar-refractivity contribution in [3.05, 3.63) is 53.1 Å². The van der Waals surface area contributed by atoms with Crippen LogP contribution in [-0.4, -0.2) is 38.2 Å². The second-order valence-electron chi connectivity index (χ2n) is 5.75. The van der Waals surface area contributed by atoms with Gasteiger partial charge < -0.3 is 10.1 Å². The number of methoxy groups -OCH3 is 1. The highest BCUT2D eigenvalue weighted by molar-refractivity contribution is 7.93. The van der Waals surface area contributed by atoms with Gasteiger partial charge in [-0.25, -0.2) is 8.42 Å². The summed E-state index contributed by atoms with van der Waals surface area (Å²) in [4.78, 5) is 12.1. The average molecular weight is 453 g/mol. The Morgan fingerprint density at radius 3 is 2.55 bits per heavy atom. The van der Waals surface area contributed by atoms with E-state index in [0.29, 0.717) is 16.6 Å². The number of hydrogen-bond acceptors (Lipinski definition) is 7. The molecule has 2 N–H and O–H groups in total. The van der Waals surface area contributed by atoms with Crippen LogP contribution in [0, 0.1) is 0 Å². The van der Waals surface area contributed by atoms with Crippen molar-refractivity contribution in [2.75, 3.05) is 18.4 Å². The minimum Gasteiger partial charge on any atom is -0.496 e. The third-order valence-electron chi connectivity index (χ3n) is 3.80. The van der Waals surface area contributed by atoms with Crippen LogP contribution in [0.4, 0.5) is 5.13 Å². The number of benzene rings is 2. The number of halogens is 1. The number of aromatic nitrogens is 2. The van der Waals surface area contributed by atoms with Gasteiger partial charge in [-0.15, -0.1) is 10.2 Å². The third-order valence-corrected chi connectivity index (χ3v) is 6.41. The molecule has 152 valence electrons. The van der Waals surface area contributed by atoms with E-state index in [0.717, 1.165) is 16.9 Å². The number of carbonyl (C=O) groups excluding carboxylic acids is 1. The van der Waals surface area contributed by atoms with E-state index in [-0.39, 0.29) is 21.3 Å². The molecule has 0 bridgehead atoms. The Kier molecular flexibility index (Phi) is 6.36. The first-order valence-electron chi connectivity index (χ1n) is 8.42. The molecule has 3 rings (SSSR count). The second-order valence-corrected chi connectivity index (χ2v) is 8.84. The normalized spacial score (nSPS) is 11.1. The molecule has 0 saturated carbocycles.